The summed E-state index contributed by atoms with van der Waals surface area (Å²) < 4.78 is 57.5. The van der Waals surface area contributed by atoms with Crippen molar-refractivity contribution in [2.24, 2.45) is 0 Å². The van der Waals surface area contributed by atoms with E-state index in [2.05, 4.69) is 14.8 Å². The maximum absolute atomic E-state index is 13.2. The van der Waals surface area contributed by atoms with E-state index in [4.69, 9.17) is 0 Å². The minimum atomic E-state index is -3.97. The molecule has 0 unspecified atom stereocenters. The number of sulfonamides is 2. The average Bonchev–Trinajstić information content (AvgIpc) is 2.88. The molecule has 0 aromatic heterocycles. The Kier molecular flexibility index (Phi) is 8.04. The smallest absolute Gasteiger partial charge is 0.262 e. The third-order valence-electron chi connectivity index (χ3n) is 6.51. The van der Waals surface area contributed by atoms with Crippen LogP contribution in [0.5, 0.6) is 0 Å². The van der Waals surface area contributed by atoms with Gasteiger partial charge in [0.1, 0.15) is 0 Å². The maximum Gasteiger partial charge on any atom is 0.262 e. The highest BCUT2D eigenvalue weighted by atomic mass is 32.2. The molecule has 4 aromatic rings. The number of nitrogens with one attached hydrogen (secondary N) is 3. The van der Waals surface area contributed by atoms with E-state index in [1.165, 1.54) is 36.4 Å². The number of aryl methyl sites for hydroxylation is 5. The number of carbonyl (C=O) groups excluding carboxylic acids is 1. The second kappa shape index (κ2) is 11.1. The van der Waals surface area contributed by atoms with Crippen LogP contribution in [0.25, 0.3) is 0 Å². The van der Waals surface area contributed by atoms with Crippen molar-refractivity contribution in [3.63, 3.8) is 0 Å². The zero-order chi connectivity index (χ0) is 29.2. The molecule has 0 aliphatic rings. The van der Waals surface area contributed by atoms with Crippen LogP contribution in [0.15, 0.2) is 88.7 Å². The highest BCUT2D eigenvalue weighted by Crippen LogP contribution is 2.26. The molecule has 1 amide bonds. The molecule has 4 aromatic carbocycles. The van der Waals surface area contributed by atoms with Crippen molar-refractivity contribution in [2.75, 3.05) is 14.8 Å². The molecule has 0 fully saturated rings. The summed E-state index contributed by atoms with van der Waals surface area (Å²) in [6.45, 7) is 9.05. The molecule has 0 aliphatic heterocycles. The Morgan fingerprint density at radius 2 is 1.27 bits per heavy atom. The number of amides is 1. The fraction of sp³-hybridized carbons (Fsp3) is 0.167. The van der Waals surface area contributed by atoms with Crippen LogP contribution in [0.4, 0.5) is 17.1 Å². The number of hydrogen-bond donors (Lipinski definition) is 3. The van der Waals surface area contributed by atoms with E-state index in [9.17, 15) is 21.6 Å². The first-order valence-corrected chi connectivity index (χ1v) is 15.4. The lowest BCUT2D eigenvalue weighted by atomic mass is 10.1. The molecule has 0 bridgehead atoms. The monoisotopic (exact) mass is 577 g/mol. The standard InChI is InChI=1S/C30H31N3O5S2/c1-19-9-16-27(23(5)17-19)32-40(37,38)28-18-24(11-10-20(28)2)30(34)31-25-12-14-26(15-13-25)39(35,36)33-29-21(3)7-6-8-22(29)4/h6-18,32-33H,1-5H3,(H,31,34). The summed E-state index contributed by atoms with van der Waals surface area (Å²) >= 11 is 0. The van der Waals surface area contributed by atoms with Crippen molar-refractivity contribution in [1.82, 2.24) is 0 Å². The molecule has 8 nitrogen and oxygen atoms in total. The van der Waals surface area contributed by atoms with Crippen molar-refractivity contribution in [2.45, 2.75) is 44.4 Å². The number of para-hydroxylation sites is 1. The fourth-order valence-electron chi connectivity index (χ4n) is 4.25. The van der Waals surface area contributed by atoms with Gasteiger partial charge in [-0.25, -0.2) is 16.8 Å². The highest BCUT2D eigenvalue weighted by Gasteiger charge is 2.21. The van der Waals surface area contributed by atoms with Crippen LogP contribution in [-0.4, -0.2) is 22.7 Å². The van der Waals surface area contributed by atoms with Crippen molar-refractivity contribution in [3.8, 4) is 0 Å². The van der Waals surface area contributed by atoms with E-state index in [-0.39, 0.29) is 15.4 Å². The zero-order valence-electron chi connectivity index (χ0n) is 22.9. The quantitative estimate of drug-likeness (QED) is 0.234. The third-order valence-corrected chi connectivity index (χ3v) is 9.38. The molecular weight excluding hydrogens is 546 g/mol. The highest BCUT2D eigenvalue weighted by molar-refractivity contribution is 7.93. The molecule has 0 saturated carbocycles. The first kappa shape index (κ1) is 28.8. The molecule has 0 saturated heterocycles. The van der Waals surface area contributed by atoms with Gasteiger partial charge in [-0.1, -0.05) is 42.0 Å². The van der Waals surface area contributed by atoms with Crippen molar-refractivity contribution >= 4 is 43.0 Å². The summed E-state index contributed by atoms with van der Waals surface area (Å²) in [6.07, 6.45) is 0. The van der Waals surface area contributed by atoms with Gasteiger partial charge in [0.05, 0.1) is 21.2 Å². The van der Waals surface area contributed by atoms with Crippen molar-refractivity contribution < 1.29 is 21.6 Å². The number of carbonyl (C=O) groups is 1. The number of rotatable bonds is 8. The Morgan fingerprint density at radius 1 is 0.625 bits per heavy atom. The third kappa shape index (κ3) is 6.35. The lowest BCUT2D eigenvalue weighted by Gasteiger charge is -2.14. The molecule has 4 rings (SSSR count). The van der Waals surface area contributed by atoms with Crippen molar-refractivity contribution in [3.05, 3.63) is 112 Å². The molecule has 208 valence electrons. The van der Waals surface area contributed by atoms with Gasteiger partial charge in [-0.05, 0) is 99.3 Å². The summed E-state index contributed by atoms with van der Waals surface area (Å²) in [4.78, 5) is 13.0. The molecule has 0 radical (unpaired) electrons. The zero-order valence-corrected chi connectivity index (χ0v) is 24.5. The van der Waals surface area contributed by atoms with Gasteiger partial charge in [0.15, 0.2) is 0 Å². The average molecular weight is 578 g/mol. The molecule has 0 spiro atoms. The Hall–Kier alpha value is -4.15. The maximum atomic E-state index is 13.2. The lowest BCUT2D eigenvalue weighted by molar-refractivity contribution is 0.102. The van der Waals surface area contributed by atoms with Gasteiger partial charge >= 0.3 is 0 Å². The number of anilines is 3. The van der Waals surface area contributed by atoms with Crippen LogP contribution in [0, 0.1) is 34.6 Å². The molecule has 40 heavy (non-hydrogen) atoms. The summed E-state index contributed by atoms with van der Waals surface area (Å²) in [5.74, 6) is -0.535. The van der Waals surface area contributed by atoms with E-state index >= 15 is 0 Å². The Morgan fingerprint density at radius 3 is 1.90 bits per heavy atom. The topological polar surface area (TPSA) is 121 Å². The molecule has 0 atom stereocenters. The minimum Gasteiger partial charge on any atom is -0.322 e. The summed E-state index contributed by atoms with van der Waals surface area (Å²) in [7, 11) is -7.82. The van der Waals surface area contributed by atoms with E-state index in [0.29, 0.717) is 22.6 Å². The second-order valence-electron chi connectivity index (χ2n) is 9.75. The van der Waals surface area contributed by atoms with Gasteiger partial charge in [-0.3, -0.25) is 14.2 Å². The number of hydrogen-bond acceptors (Lipinski definition) is 5. The Labute approximate surface area is 235 Å². The van der Waals surface area contributed by atoms with Gasteiger partial charge in [0, 0.05) is 11.3 Å². The molecule has 10 heteroatoms. The second-order valence-corrected chi connectivity index (χ2v) is 13.1. The predicted molar refractivity (Wildman–Crippen MR) is 159 cm³/mol. The van der Waals surface area contributed by atoms with Crippen molar-refractivity contribution in [1.29, 1.82) is 0 Å². The first-order chi connectivity index (χ1) is 18.8. The van der Waals surface area contributed by atoms with Gasteiger partial charge in [0.25, 0.3) is 26.0 Å². The van der Waals surface area contributed by atoms with Crippen LogP contribution in [0.1, 0.15) is 38.2 Å². The van der Waals surface area contributed by atoms with Crippen LogP contribution in [-0.2, 0) is 20.0 Å². The van der Waals surface area contributed by atoms with Gasteiger partial charge < -0.3 is 5.32 Å². The summed E-state index contributed by atoms with van der Waals surface area (Å²) in [6, 6.07) is 21.1. The first-order valence-electron chi connectivity index (χ1n) is 12.5. The SMILES string of the molecule is Cc1ccc(NS(=O)(=O)c2cc(C(=O)Nc3ccc(S(=O)(=O)Nc4c(C)cccc4C)cc3)ccc2C)c(C)c1. The number of benzene rings is 4. The Balaban J connectivity index is 1.52. The minimum absolute atomic E-state index is 0.0147. The van der Waals surface area contributed by atoms with E-state index in [1.54, 1.807) is 19.1 Å². The van der Waals surface area contributed by atoms with Crippen LogP contribution in [0.2, 0.25) is 0 Å². The van der Waals surface area contributed by atoms with E-state index in [1.807, 2.05) is 58.0 Å². The van der Waals surface area contributed by atoms with Gasteiger partial charge in [-0.15, -0.1) is 0 Å². The molecular formula is C30H31N3O5S2. The van der Waals surface area contributed by atoms with Crippen LogP contribution in [0.3, 0.4) is 0 Å². The molecule has 0 heterocycles. The fourth-order valence-corrected chi connectivity index (χ4v) is 6.85. The predicted octanol–water partition coefficient (Wildman–Crippen LogP) is 6.08. The van der Waals surface area contributed by atoms with Crippen LogP contribution >= 0.6 is 0 Å². The molecule has 3 N–H and O–H groups in total. The Bertz CT molecular complexity index is 1790. The summed E-state index contributed by atoms with van der Waals surface area (Å²) in [5.41, 5.74) is 5.36. The van der Waals surface area contributed by atoms with Crippen LogP contribution < -0.4 is 14.8 Å². The summed E-state index contributed by atoms with van der Waals surface area (Å²) in [5, 5.41) is 2.70. The molecule has 0 aliphatic carbocycles. The van der Waals surface area contributed by atoms with Gasteiger partial charge in [0.2, 0.25) is 0 Å². The van der Waals surface area contributed by atoms with E-state index < -0.39 is 26.0 Å². The lowest BCUT2D eigenvalue weighted by Crippen LogP contribution is -2.18. The largest absolute Gasteiger partial charge is 0.322 e. The normalized spacial score (nSPS) is 11.6. The van der Waals surface area contributed by atoms with E-state index in [0.717, 1.165) is 22.3 Å². The van der Waals surface area contributed by atoms with Gasteiger partial charge in [-0.2, -0.15) is 0 Å².